The van der Waals surface area contributed by atoms with Gasteiger partial charge in [-0.1, -0.05) is 30.5 Å². The molecule has 176 valence electrons. The Balaban J connectivity index is 1.61. The quantitative estimate of drug-likeness (QED) is 0.585. The van der Waals surface area contributed by atoms with Gasteiger partial charge in [-0.3, -0.25) is 18.6 Å². The fourth-order valence-electron chi connectivity index (χ4n) is 3.68. The summed E-state index contributed by atoms with van der Waals surface area (Å²) in [6, 6.07) is 12.4. The molecule has 1 saturated carbocycles. The maximum atomic E-state index is 13.4. The summed E-state index contributed by atoms with van der Waals surface area (Å²) in [5.74, 6) is -2.65. The molecule has 1 atom stereocenters. The summed E-state index contributed by atoms with van der Waals surface area (Å²) in [6.45, 7) is 1.65. The van der Waals surface area contributed by atoms with Crippen LogP contribution in [0.25, 0.3) is 0 Å². The van der Waals surface area contributed by atoms with Gasteiger partial charge in [0.25, 0.3) is 0 Å². The van der Waals surface area contributed by atoms with Crippen molar-refractivity contribution in [2.45, 2.75) is 38.6 Å². The Morgan fingerprint density at radius 1 is 0.970 bits per heavy atom. The first-order valence-electron chi connectivity index (χ1n) is 10.9. The Morgan fingerprint density at radius 2 is 1.61 bits per heavy atom. The van der Waals surface area contributed by atoms with Crippen molar-refractivity contribution in [3.63, 3.8) is 0 Å². The van der Waals surface area contributed by atoms with Crippen LogP contribution in [-0.4, -0.2) is 46.0 Å². The van der Waals surface area contributed by atoms with Crippen LogP contribution in [0.4, 0.5) is 15.8 Å². The molecule has 1 aliphatic carbocycles. The van der Waals surface area contributed by atoms with E-state index >= 15 is 0 Å². The fourth-order valence-corrected chi connectivity index (χ4v) is 4.58. The standard InChI is InChI=1S/C24H28FN3O4S/c1-17-6-10-20(11-7-17)27-23(30)15-33(32)16-24(31)28(21-12-8-18(25)9-13-21)14-22(29)26-19-4-2-3-5-19/h6-13,19H,2-5,14-16H2,1H3,(H,26,29)(H,27,30)/t33-/m1/s1. The molecular weight excluding hydrogens is 445 g/mol. The number of nitrogens with zero attached hydrogens (tertiary/aromatic N) is 1. The number of benzene rings is 2. The molecule has 33 heavy (non-hydrogen) atoms. The van der Waals surface area contributed by atoms with E-state index in [9.17, 15) is 23.0 Å². The van der Waals surface area contributed by atoms with Gasteiger partial charge in [0.1, 0.15) is 23.9 Å². The molecule has 3 amide bonds. The molecule has 1 aliphatic rings. The minimum Gasteiger partial charge on any atom is -0.352 e. The van der Waals surface area contributed by atoms with E-state index in [1.54, 1.807) is 12.1 Å². The van der Waals surface area contributed by atoms with Crippen LogP contribution in [0.3, 0.4) is 0 Å². The smallest absolute Gasteiger partial charge is 0.240 e. The second-order valence-electron chi connectivity index (χ2n) is 8.15. The zero-order chi connectivity index (χ0) is 23.8. The number of amides is 3. The minimum atomic E-state index is -1.78. The Bertz CT molecular complexity index is 1010. The monoisotopic (exact) mass is 473 g/mol. The van der Waals surface area contributed by atoms with Crippen molar-refractivity contribution >= 4 is 39.9 Å². The highest BCUT2D eigenvalue weighted by atomic mass is 32.2. The molecular formula is C24H28FN3O4S. The molecule has 0 radical (unpaired) electrons. The lowest BCUT2D eigenvalue weighted by Crippen LogP contribution is -2.45. The average Bonchev–Trinajstić information content (AvgIpc) is 3.27. The molecule has 0 spiro atoms. The SMILES string of the molecule is Cc1ccc(NC(=O)C[S@@](=O)CC(=O)N(CC(=O)NC2CCCC2)c2ccc(F)cc2)cc1. The van der Waals surface area contributed by atoms with Crippen molar-refractivity contribution in [2.24, 2.45) is 0 Å². The highest BCUT2D eigenvalue weighted by Gasteiger charge is 2.24. The molecule has 0 bridgehead atoms. The normalized spacial score (nSPS) is 14.5. The van der Waals surface area contributed by atoms with Gasteiger partial charge in [0.2, 0.25) is 17.7 Å². The van der Waals surface area contributed by atoms with E-state index in [1.807, 2.05) is 19.1 Å². The maximum Gasteiger partial charge on any atom is 0.240 e. The van der Waals surface area contributed by atoms with Gasteiger partial charge in [-0.2, -0.15) is 0 Å². The Kier molecular flexibility index (Phi) is 8.71. The van der Waals surface area contributed by atoms with E-state index in [0.717, 1.165) is 31.2 Å². The zero-order valence-corrected chi connectivity index (χ0v) is 19.3. The first-order chi connectivity index (χ1) is 15.8. The first kappa shape index (κ1) is 24.6. The van der Waals surface area contributed by atoms with Crippen molar-refractivity contribution in [3.05, 3.63) is 59.9 Å². The third kappa shape index (κ3) is 7.78. The number of carbonyl (C=O) groups excluding carboxylic acids is 3. The minimum absolute atomic E-state index is 0.0854. The lowest BCUT2D eigenvalue weighted by molar-refractivity contribution is -0.123. The lowest BCUT2D eigenvalue weighted by Gasteiger charge is -2.23. The summed E-state index contributed by atoms with van der Waals surface area (Å²) in [5.41, 5.74) is 1.94. The second-order valence-corrected chi connectivity index (χ2v) is 9.60. The fraction of sp³-hybridized carbons (Fsp3) is 0.375. The second kappa shape index (κ2) is 11.7. The van der Waals surface area contributed by atoms with Crippen LogP contribution in [0.15, 0.2) is 48.5 Å². The van der Waals surface area contributed by atoms with Crippen molar-refractivity contribution in [1.29, 1.82) is 0 Å². The molecule has 0 heterocycles. The van der Waals surface area contributed by atoms with Gasteiger partial charge in [-0.15, -0.1) is 0 Å². The highest BCUT2D eigenvalue weighted by molar-refractivity contribution is 7.86. The van der Waals surface area contributed by atoms with Crippen LogP contribution in [0.1, 0.15) is 31.2 Å². The van der Waals surface area contributed by atoms with E-state index in [2.05, 4.69) is 10.6 Å². The predicted octanol–water partition coefficient (Wildman–Crippen LogP) is 2.91. The molecule has 2 N–H and O–H groups in total. The molecule has 2 aromatic rings. The van der Waals surface area contributed by atoms with Gasteiger partial charge >= 0.3 is 0 Å². The van der Waals surface area contributed by atoms with Crippen LogP contribution >= 0.6 is 0 Å². The van der Waals surface area contributed by atoms with Gasteiger partial charge in [-0.25, -0.2) is 4.39 Å². The van der Waals surface area contributed by atoms with Crippen molar-refractivity contribution in [1.82, 2.24) is 5.32 Å². The highest BCUT2D eigenvalue weighted by Crippen LogP contribution is 2.19. The first-order valence-corrected chi connectivity index (χ1v) is 12.4. The zero-order valence-electron chi connectivity index (χ0n) is 18.5. The molecule has 7 nitrogen and oxygen atoms in total. The third-order valence-corrected chi connectivity index (χ3v) is 6.53. The van der Waals surface area contributed by atoms with E-state index in [1.165, 1.54) is 29.2 Å². The summed E-state index contributed by atoms with van der Waals surface area (Å²) in [5, 5.41) is 5.57. The summed E-state index contributed by atoms with van der Waals surface area (Å²) in [6.07, 6.45) is 3.90. The lowest BCUT2D eigenvalue weighted by atomic mass is 10.2. The molecule has 0 unspecified atom stereocenters. The number of rotatable bonds is 9. The van der Waals surface area contributed by atoms with Gasteiger partial charge in [-0.05, 0) is 56.2 Å². The van der Waals surface area contributed by atoms with E-state index < -0.39 is 34.2 Å². The third-order valence-electron chi connectivity index (χ3n) is 5.37. The van der Waals surface area contributed by atoms with Crippen LogP contribution in [0.2, 0.25) is 0 Å². The topological polar surface area (TPSA) is 95.6 Å². The number of hydrogen-bond donors (Lipinski definition) is 2. The summed E-state index contributed by atoms with van der Waals surface area (Å²) in [4.78, 5) is 38.8. The molecule has 2 aromatic carbocycles. The predicted molar refractivity (Wildman–Crippen MR) is 127 cm³/mol. The van der Waals surface area contributed by atoms with Gasteiger partial charge in [0.15, 0.2) is 0 Å². The molecule has 3 rings (SSSR count). The summed E-state index contributed by atoms with van der Waals surface area (Å²) >= 11 is 0. The number of nitrogens with one attached hydrogen (secondary N) is 2. The average molecular weight is 474 g/mol. The summed E-state index contributed by atoms with van der Waals surface area (Å²) in [7, 11) is -1.78. The number of aryl methyl sites for hydroxylation is 1. The Labute approximate surface area is 195 Å². The Hall–Kier alpha value is -3.07. The van der Waals surface area contributed by atoms with Crippen LogP contribution in [-0.2, 0) is 25.2 Å². The van der Waals surface area contributed by atoms with E-state index in [-0.39, 0.29) is 24.2 Å². The molecule has 0 aliphatic heterocycles. The van der Waals surface area contributed by atoms with Crippen molar-refractivity contribution in [2.75, 3.05) is 28.3 Å². The van der Waals surface area contributed by atoms with Gasteiger partial charge in [0, 0.05) is 28.2 Å². The van der Waals surface area contributed by atoms with Crippen molar-refractivity contribution < 1.29 is 23.0 Å². The number of hydrogen-bond acceptors (Lipinski definition) is 4. The van der Waals surface area contributed by atoms with Crippen LogP contribution < -0.4 is 15.5 Å². The number of halogens is 1. The molecule has 0 saturated heterocycles. The van der Waals surface area contributed by atoms with E-state index in [0.29, 0.717) is 11.4 Å². The molecule has 1 fully saturated rings. The van der Waals surface area contributed by atoms with Gasteiger partial charge in [0.05, 0.1) is 0 Å². The number of carbonyl (C=O) groups is 3. The Morgan fingerprint density at radius 3 is 2.24 bits per heavy atom. The van der Waals surface area contributed by atoms with E-state index in [4.69, 9.17) is 0 Å². The largest absolute Gasteiger partial charge is 0.352 e. The van der Waals surface area contributed by atoms with Gasteiger partial charge < -0.3 is 15.5 Å². The number of anilines is 2. The van der Waals surface area contributed by atoms with Crippen molar-refractivity contribution in [3.8, 4) is 0 Å². The maximum absolute atomic E-state index is 13.4. The molecule has 9 heteroatoms. The summed E-state index contributed by atoms with van der Waals surface area (Å²) < 4.78 is 25.9. The molecule has 0 aromatic heterocycles. The van der Waals surface area contributed by atoms with Crippen LogP contribution in [0.5, 0.6) is 0 Å². The van der Waals surface area contributed by atoms with Crippen LogP contribution in [0, 0.1) is 12.7 Å².